The van der Waals surface area contributed by atoms with Gasteiger partial charge < -0.3 is 11.1 Å². The molecular weight excluding hydrogens is 226 g/mol. The first-order valence-corrected chi connectivity index (χ1v) is 6.38. The first-order chi connectivity index (χ1) is 8.58. The maximum absolute atomic E-state index is 12.0. The van der Waals surface area contributed by atoms with Gasteiger partial charge in [-0.25, -0.2) is 0 Å². The molecule has 0 heterocycles. The number of nitrogens with two attached hydrogens (primary N) is 1. The van der Waals surface area contributed by atoms with Crippen LogP contribution in [0.4, 0.5) is 5.69 Å². The SMILES string of the molecule is CCCN(C)C(C)C(=O)Nc1ccc(CN)cc1. The van der Waals surface area contributed by atoms with Crippen molar-refractivity contribution in [1.29, 1.82) is 0 Å². The molecule has 4 nitrogen and oxygen atoms in total. The molecule has 0 saturated carbocycles. The van der Waals surface area contributed by atoms with Crippen LogP contribution in [0.25, 0.3) is 0 Å². The molecule has 0 bridgehead atoms. The molecule has 1 atom stereocenters. The highest BCUT2D eigenvalue weighted by atomic mass is 16.2. The van der Waals surface area contributed by atoms with Crippen LogP contribution in [0.2, 0.25) is 0 Å². The normalized spacial score (nSPS) is 12.5. The highest BCUT2D eigenvalue weighted by Gasteiger charge is 2.17. The van der Waals surface area contributed by atoms with E-state index >= 15 is 0 Å². The zero-order chi connectivity index (χ0) is 13.5. The summed E-state index contributed by atoms with van der Waals surface area (Å²) < 4.78 is 0. The predicted octanol–water partition coefficient (Wildman–Crippen LogP) is 1.81. The standard InChI is InChI=1S/C14H23N3O/c1-4-9-17(3)11(2)14(18)16-13-7-5-12(10-15)6-8-13/h5-8,11H,4,9-10,15H2,1-3H3,(H,16,18). The monoisotopic (exact) mass is 249 g/mol. The van der Waals surface area contributed by atoms with Gasteiger partial charge >= 0.3 is 0 Å². The van der Waals surface area contributed by atoms with Gasteiger partial charge in [0.2, 0.25) is 5.91 Å². The molecule has 0 fully saturated rings. The van der Waals surface area contributed by atoms with Gasteiger partial charge in [-0.3, -0.25) is 9.69 Å². The summed E-state index contributed by atoms with van der Waals surface area (Å²) in [6.07, 6.45) is 1.04. The van der Waals surface area contributed by atoms with Crippen LogP contribution in [0.3, 0.4) is 0 Å². The smallest absolute Gasteiger partial charge is 0.241 e. The minimum Gasteiger partial charge on any atom is -0.326 e. The van der Waals surface area contributed by atoms with E-state index in [2.05, 4.69) is 12.2 Å². The molecule has 100 valence electrons. The Bertz CT molecular complexity index is 375. The van der Waals surface area contributed by atoms with Crippen molar-refractivity contribution in [1.82, 2.24) is 4.90 Å². The summed E-state index contributed by atoms with van der Waals surface area (Å²) in [5, 5.41) is 2.91. The van der Waals surface area contributed by atoms with Crippen molar-refractivity contribution < 1.29 is 4.79 Å². The second-order valence-corrected chi connectivity index (χ2v) is 4.55. The summed E-state index contributed by atoms with van der Waals surface area (Å²) in [5.74, 6) is 0.0199. The Morgan fingerprint density at radius 3 is 2.50 bits per heavy atom. The van der Waals surface area contributed by atoms with E-state index in [9.17, 15) is 4.79 Å². The van der Waals surface area contributed by atoms with Gasteiger partial charge in [0.25, 0.3) is 0 Å². The van der Waals surface area contributed by atoms with Crippen LogP contribution in [-0.4, -0.2) is 30.4 Å². The molecule has 18 heavy (non-hydrogen) atoms. The first-order valence-electron chi connectivity index (χ1n) is 6.38. The van der Waals surface area contributed by atoms with Crippen LogP contribution in [-0.2, 0) is 11.3 Å². The molecule has 1 aromatic carbocycles. The number of anilines is 1. The lowest BCUT2D eigenvalue weighted by atomic mass is 10.2. The second-order valence-electron chi connectivity index (χ2n) is 4.55. The van der Waals surface area contributed by atoms with Crippen LogP contribution in [0.5, 0.6) is 0 Å². The number of likely N-dealkylation sites (N-methyl/N-ethyl adjacent to an activating group) is 1. The second kappa shape index (κ2) is 7.13. The van der Waals surface area contributed by atoms with Crippen molar-refractivity contribution in [2.75, 3.05) is 18.9 Å². The molecule has 4 heteroatoms. The van der Waals surface area contributed by atoms with Gasteiger partial charge in [0, 0.05) is 12.2 Å². The minimum absolute atomic E-state index is 0.0199. The number of hydrogen-bond acceptors (Lipinski definition) is 3. The van der Waals surface area contributed by atoms with E-state index in [1.807, 2.05) is 43.1 Å². The Labute approximate surface area is 109 Å². The fraction of sp³-hybridized carbons (Fsp3) is 0.500. The highest BCUT2D eigenvalue weighted by Crippen LogP contribution is 2.10. The zero-order valence-corrected chi connectivity index (χ0v) is 11.4. The molecule has 0 saturated heterocycles. The summed E-state index contributed by atoms with van der Waals surface area (Å²) in [6, 6.07) is 7.49. The predicted molar refractivity (Wildman–Crippen MR) is 75.3 cm³/mol. The van der Waals surface area contributed by atoms with Crippen LogP contribution < -0.4 is 11.1 Å². The first kappa shape index (κ1) is 14.7. The molecule has 1 rings (SSSR count). The molecule has 0 aliphatic carbocycles. The summed E-state index contributed by atoms with van der Waals surface area (Å²) >= 11 is 0. The third-order valence-corrected chi connectivity index (χ3v) is 3.07. The molecule has 0 radical (unpaired) electrons. The molecule has 1 unspecified atom stereocenters. The zero-order valence-electron chi connectivity index (χ0n) is 11.4. The maximum atomic E-state index is 12.0. The third-order valence-electron chi connectivity index (χ3n) is 3.07. The summed E-state index contributed by atoms with van der Waals surface area (Å²) in [6.45, 7) is 5.45. The van der Waals surface area contributed by atoms with Gasteiger partial charge in [-0.15, -0.1) is 0 Å². The highest BCUT2D eigenvalue weighted by molar-refractivity contribution is 5.94. The van der Waals surface area contributed by atoms with Crippen molar-refractivity contribution in [3.63, 3.8) is 0 Å². The lowest BCUT2D eigenvalue weighted by Gasteiger charge is -2.23. The van der Waals surface area contributed by atoms with Gasteiger partial charge in [0.15, 0.2) is 0 Å². The van der Waals surface area contributed by atoms with Crippen LogP contribution in [0, 0.1) is 0 Å². The third kappa shape index (κ3) is 4.13. The van der Waals surface area contributed by atoms with E-state index in [0.29, 0.717) is 6.54 Å². The maximum Gasteiger partial charge on any atom is 0.241 e. The number of nitrogens with zero attached hydrogens (tertiary/aromatic N) is 1. The molecular formula is C14H23N3O. The van der Waals surface area contributed by atoms with Crippen LogP contribution in [0.15, 0.2) is 24.3 Å². The summed E-state index contributed by atoms with van der Waals surface area (Å²) in [4.78, 5) is 14.1. The number of benzene rings is 1. The number of carbonyl (C=O) groups is 1. The summed E-state index contributed by atoms with van der Waals surface area (Å²) in [5.41, 5.74) is 7.40. The number of amides is 1. The van der Waals surface area contributed by atoms with Crippen molar-refractivity contribution in [3.8, 4) is 0 Å². The largest absolute Gasteiger partial charge is 0.326 e. The van der Waals surface area contributed by atoms with Crippen molar-refractivity contribution in [2.45, 2.75) is 32.9 Å². The minimum atomic E-state index is -0.126. The molecule has 0 aliphatic rings. The Morgan fingerprint density at radius 1 is 1.39 bits per heavy atom. The quantitative estimate of drug-likeness (QED) is 0.808. The molecule has 3 N–H and O–H groups in total. The van der Waals surface area contributed by atoms with Gasteiger partial charge in [-0.1, -0.05) is 19.1 Å². The van der Waals surface area contributed by atoms with Crippen molar-refractivity contribution >= 4 is 11.6 Å². The molecule has 1 aromatic rings. The Kier molecular flexibility index (Phi) is 5.82. The molecule has 0 aliphatic heterocycles. The van der Waals surface area contributed by atoms with Crippen LogP contribution >= 0.6 is 0 Å². The number of hydrogen-bond donors (Lipinski definition) is 2. The topological polar surface area (TPSA) is 58.4 Å². The number of rotatable bonds is 6. The van der Waals surface area contributed by atoms with Crippen LogP contribution in [0.1, 0.15) is 25.8 Å². The van der Waals surface area contributed by atoms with E-state index in [-0.39, 0.29) is 11.9 Å². The van der Waals surface area contributed by atoms with Gasteiger partial charge in [-0.2, -0.15) is 0 Å². The van der Waals surface area contributed by atoms with Gasteiger partial charge in [0.1, 0.15) is 0 Å². The summed E-state index contributed by atoms with van der Waals surface area (Å²) in [7, 11) is 1.96. The van der Waals surface area contributed by atoms with Crippen molar-refractivity contribution in [3.05, 3.63) is 29.8 Å². The molecule has 0 aromatic heterocycles. The fourth-order valence-corrected chi connectivity index (χ4v) is 1.72. The van der Waals surface area contributed by atoms with Crippen molar-refractivity contribution in [2.24, 2.45) is 5.73 Å². The number of carbonyl (C=O) groups excluding carboxylic acids is 1. The molecule has 0 spiro atoms. The lowest BCUT2D eigenvalue weighted by Crippen LogP contribution is -2.39. The Hall–Kier alpha value is -1.39. The Balaban J connectivity index is 2.57. The van der Waals surface area contributed by atoms with Gasteiger partial charge in [-0.05, 0) is 44.6 Å². The number of nitrogens with one attached hydrogen (secondary N) is 1. The lowest BCUT2D eigenvalue weighted by molar-refractivity contribution is -0.120. The van der Waals surface area contributed by atoms with E-state index in [4.69, 9.17) is 5.73 Å². The van der Waals surface area contributed by atoms with E-state index in [1.54, 1.807) is 0 Å². The molecule has 1 amide bonds. The van der Waals surface area contributed by atoms with E-state index < -0.39 is 0 Å². The fourth-order valence-electron chi connectivity index (χ4n) is 1.72. The van der Waals surface area contributed by atoms with E-state index in [1.165, 1.54) is 0 Å². The Morgan fingerprint density at radius 2 is 2.00 bits per heavy atom. The average Bonchev–Trinajstić information content (AvgIpc) is 2.39. The average molecular weight is 249 g/mol. The van der Waals surface area contributed by atoms with Gasteiger partial charge in [0.05, 0.1) is 6.04 Å². The van der Waals surface area contributed by atoms with E-state index in [0.717, 1.165) is 24.2 Å².